The molecule has 2 N–H and O–H groups in total. The Labute approximate surface area is 243 Å². The van der Waals surface area contributed by atoms with Gasteiger partial charge in [-0.25, -0.2) is 9.97 Å². The lowest BCUT2D eigenvalue weighted by Crippen LogP contribution is -2.42. The van der Waals surface area contributed by atoms with Crippen LogP contribution in [-0.4, -0.2) is 50.6 Å². The Hall–Kier alpha value is -3.71. The molecule has 216 valence electrons. The Morgan fingerprint density at radius 3 is 2.59 bits per heavy atom. The quantitative estimate of drug-likeness (QED) is 0.234. The molecule has 7 nitrogen and oxygen atoms in total. The second kappa shape index (κ2) is 13.3. The molecule has 0 saturated carbocycles. The summed E-state index contributed by atoms with van der Waals surface area (Å²) in [6.07, 6.45) is 7.25. The number of unbranched alkanes of at least 4 members (excludes halogenated alkanes) is 1. The largest absolute Gasteiger partial charge is 0.475 e. The summed E-state index contributed by atoms with van der Waals surface area (Å²) in [5, 5.41) is 0. The summed E-state index contributed by atoms with van der Waals surface area (Å²) in [7, 11) is 0. The van der Waals surface area contributed by atoms with Crippen LogP contribution in [0.5, 0.6) is 5.88 Å². The van der Waals surface area contributed by atoms with Crippen molar-refractivity contribution in [2.75, 3.05) is 13.1 Å². The third kappa shape index (κ3) is 7.14. The minimum atomic E-state index is -0.225. The molecule has 1 amide bonds. The molecule has 7 heteroatoms. The molecule has 41 heavy (non-hydrogen) atoms. The molecule has 0 unspecified atom stereocenters. The maximum Gasteiger partial charge on any atom is 0.224 e. The van der Waals surface area contributed by atoms with Crippen LogP contribution in [0.1, 0.15) is 70.2 Å². The van der Waals surface area contributed by atoms with E-state index in [0.29, 0.717) is 25.3 Å². The molecule has 2 aromatic carbocycles. The number of amides is 1. The molecule has 0 aliphatic carbocycles. The van der Waals surface area contributed by atoms with Gasteiger partial charge in [0.25, 0.3) is 0 Å². The van der Waals surface area contributed by atoms with E-state index < -0.39 is 0 Å². The van der Waals surface area contributed by atoms with E-state index in [1.165, 1.54) is 5.52 Å². The van der Waals surface area contributed by atoms with Crippen LogP contribution in [0.3, 0.4) is 0 Å². The number of nitrogens with two attached hydrogens (primary N) is 1. The highest BCUT2D eigenvalue weighted by molar-refractivity contribution is 5.78. The third-order valence-electron chi connectivity index (χ3n) is 7.87. The molecule has 0 bridgehead atoms. The van der Waals surface area contributed by atoms with Crippen molar-refractivity contribution in [2.45, 2.75) is 83.9 Å². The highest BCUT2D eigenvalue weighted by atomic mass is 16.5. The number of imidazole rings is 1. The summed E-state index contributed by atoms with van der Waals surface area (Å²) in [5.41, 5.74) is 12.0. The van der Waals surface area contributed by atoms with Gasteiger partial charge >= 0.3 is 0 Å². The molecule has 3 heterocycles. The first-order valence-electron chi connectivity index (χ1n) is 15.1. The number of fused-ring (bicyclic) bond motifs is 1. The predicted octanol–water partition coefficient (Wildman–Crippen LogP) is 6.35. The number of likely N-dealkylation sites (tertiary alicyclic amines) is 1. The van der Waals surface area contributed by atoms with Gasteiger partial charge in [-0.1, -0.05) is 49.7 Å². The predicted molar refractivity (Wildman–Crippen MR) is 165 cm³/mol. The first-order valence-corrected chi connectivity index (χ1v) is 15.1. The number of aryl methyl sites for hydroxylation is 1. The number of pyridine rings is 1. The standard InChI is InChI=1S/C34H43N5O2/c1-4-5-19-39-31-11-7-6-10-30(31)37-34(39)28-9-8-18-38(23-28)33(40)21-29(35)20-25-12-14-26(15-13-25)27-16-17-32(36-22-27)41-24(2)3/h6-7,10-17,22,24,28-29H,4-5,8-9,18-21,23,35H2,1-3H3/t28-,29-/m1/s1. The molecule has 2 aromatic heterocycles. The van der Waals surface area contributed by atoms with Crippen LogP contribution in [0.15, 0.2) is 66.9 Å². The lowest BCUT2D eigenvalue weighted by molar-refractivity contribution is -0.132. The van der Waals surface area contributed by atoms with Gasteiger partial charge < -0.3 is 19.9 Å². The first-order chi connectivity index (χ1) is 19.9. The number of piperidine rings is 1. The lowest BCUT2D eigenvalue weighted by atomic mass is 9.95. The van der Waals surface area contributed by atoms with Crippen molar-refractivity contribution in [1.29, 1.82) is 0 Å². The van der Waals surface area contributed by atoms with Crippen LogP contribution in [0.4, 0.5) is 0 Å². The number of aromatic nitrogens is 3. The molecule has 5 rings (SSSR count). The van der Waals surface area contributed by atoms with Crippen molar-refractivity contribution in [1.82, 2.24) is 19.4 Å². The first kappa shape index (κ1) is 28.8. The van der Waals surface area contributed by atoms with Crippen molar-refractivity contribution in [3.8, 4) is 17.0 Å². The Morgan fingerprint density at radius 1 is 1.07 bits per heavy atom. The minimum Gasteiger partial charge on any atom is -0.475 e. The monoisotopic (exact) mass is 553 g/mol. The number of hydrogen-bond donors (Lipinski definition) is 1. The molecule has 2 atom stereocenters. The summed E-state index contributed by atoms with van der Waals surface area (Å²) in [4.78, 5) is 24.8. The fourth-order valence-electron chi connectivity index (χ4n) is 5.80. The van der Waals surface area contributed by atoms with Gasteiger partial charge in [-0.05, 0) is 68.9 Å². The van der Waals surface area contributed by atoms with Gasteiger partial charge in [0, 0.05) is 55.8 Å². The normalized spacial score (nSPS) is 16.3. The van der Waals surface area contributed by atoms with E-state index in [0.717, 1.165) is 66.8 Å². The average Bonchev–Trinajstić information content (AvgIpc) is 3.35. The molecule has 1 aliphatic heterocycles. The Bertz CT molecular complexity index is 1430. The van der Waals surface area contributed by atoms with Gasteiger partial charge in [0.15, 0.2) is 0 Å². The summed E-state index contributed by atoms with van der Waals surface area (Å²) in [6.45, 7) is 8.67. The topological polar surface area (TPSA) is 86.3 Å². The van der Waals surface area contributed by atoms with Gasteiger partial charge in [-0.15, -0.1) is 0 Å². The number of para-hydroxylation sites is 2. The minimum absolute atomic E-state index is 0.0977. The lowest BCUT2D eigenvalue weighted by Gasteiger charge is -2.33. The van der Waals surface area contributed by atoms with Crippen LogP contribution in [0, 0.1) is 0 Å². The van der Waals surface area contributed by atoms with Crippen molar-refractivity contribution < 1.29 is 9.53 Å². The fraction of sp³-hybridized carbons (Fsp3) is 0.441. The van der Waals surface area contributed by atoms with E-state index in [2.05, 4.69) is 58.9 Å². The average molecular weight is 554 g/mol. The molecule has 1 aliphatic rings. The maximum atomic E-state index is 13.3. The molecule has 1 fully saturated rings. The van der Waals surface area contributed by atoms with Gasteiger partial charge in [-0.3, -0.25) is 4.79 Å². The number of rotatable bonds is 11. The molecule has 0 radical (unpaired) electrons. The molecular weight excluding hydrogens is 510 g/mol. The zero-order valence-electron chi connectivity index (χ0n) is 24.6. The van der Waals surface area contributed by atoms with Crippen LogP contribution >= 0.6 is 0 Å². The van der Waals surface area contributed by atoms with Crippen molar-refractivity contribution in [3.05, 3.63) is 78.2 Å². The summed E-state index contributed by atoms with van der Waals surface area (Å²) in [6, 6.07) is 20.4. The van der Waals surface area contributed by atoms with E-state index in [1.807, 2.05) is 43.1 Å². The Morgan fingerprint density at radius 2 is 1.85 bits per heavy atom. The number of carbonyl (C=O) groups excluding carboxylic acids is 1. The van der Waals surface area contributed by atoms with Gasteiger partial charge in [0.1, 0.15) is 5.82 Å². The number of hydrogen-bond acceptors (Lipinski definition) is 5. The smallest absolute Gasteiger partial charge is 0.224 e. The SMILES string of the molecule is CCCCn1c([C@@H]2CCCN(C(=O)C[C@H](N)Cc3ccc(-c4ccc(OC(C)C)nc4)cc3)C2)nc2ccccc21. The zero-order valence-corrected chi connectivity index (χ0v) is 24.6. The second-order valence-electron chi connectivity index (χ2n) is 11.6. The number of benzene rings is 2. The van der Waals surface area contributed by atoms with E-state index in [9.17, 15) is 4.79 Å². The Kier molecular flexibility index (Phi) is 9.35. The second-order valence-corrected chi connectivity index (χ2v) is 11.6. The van der Waals surface area contributed by atoms with Gasteiger partial charge in [-0.2, -0.15) is 0 Å². The highest BCUT2D eigenvalue weighted by Gasteiger charge is 2.29. The van der Waals surface area contributed by atoms with E-state index >= 15 is 0 Å². The van der Waals surface area contributed by atoms with E-state index in [-0.39, 0.29) is 24.0 Å². The van der Waals surface area contributed by atoms with Crippen molar-refractivity contribution >= 4 is 16.9 Å². The molecule has 4 aromatic rings. The third-order valence-corrected chi connectivity index (χ3v) is 7.87. The van der Waals surface area contributed by atoms with Gasteiger partial charge in [0.2, 0.25) is 11.8 Å². The van der Waals surface area contributed by atoms with Gasteiger partial charge in [0.05, 0.1) is 17.1 Å². The highest BCUT2D eigenvalue weighted by Crippen LogP contribution is 2.30. The van der Waals surface area contributed by atoms with Crippen LogP contribution < -0.4 is 10.5 Å². The number of nitrogens with zero attached hydrogens (tertiary/aromatic N) is 4. The van der Waals surface area contributed by atoms with Crippen LogP contribution in [-0.2, 0) is 17.8 Å². The number of ether oxygens (including phenoxy) is 1. The summed E-state index contributed by atoms with van der Waals surface area (Å²) < 4.78 is 8.03. The van der Waals surface area contributed by atoms with E-state index in [1.54, 1.807) is 0 Å². The maximum absolute atomic E-state index is 13.3. The molecular formula is C34H43N5O2. The summed E-state index contributed by atoms with van der Waals surface area (Å²) in [5.74, 6) is 2.15. The Balaban J connectivity index is 1.18. The fourth-order valence-corrected chi connectivity index (χ4v) is 5.80. The van der Waals surface area contributed by atoms with Crippen molar-refractivity contribution in [2.24, 2.45) is 5.73 Å². The van der Waals surface area contributed by atoms with Crippen LogP contribution in [0.25, 0.3) is 22.2 Å². The molecule has 0 spiro atoms. The van der Waals surface area contributed by atoms with Crippen LogP contribution in [0.2, 0.25) is 0 Å². The zero-order chi connectivity index (χ0) is 28.8. The number of carbonyl (C=O) groups is 1. The van der Waals surface area contributed by atoms with E-state index in [4.69, 9.17) is 15.5 Å². The summed E-state index contributed by atoms with van der Waals surface area (Å²) >= 11 is 0. The molecule has 1 saturated heterocycles. The van der Waals surface area contributed by atoms with Crippen molar-refractivity contribution in [3.63, 3.8) is 0 Å².